The van der Waals surface area contributed by atoms with Gasteiger partial charge in [0.05, 0.1) is 17.6 Å². The lowest BCUT2D eigenvalue weighted by Gasteiger charge is -2.01. The molecule has 0 aliphatic rings. The molecule has 2 N–H and O–H groups in total. The van der Waals surface area contributed by atoms with Crippen molar-refractivity contribution in [3.05, 3.63) is 48.4 Å². The highest BCUT2D eigenvalue weighted by atomic mass is 19.1. The van der Waals surface area contributed by atoms with Gasteiger partial charge in [-0.3, -0.25) is 4.98 Å². The van der Waals surface area contributed by atoms with Gasteiger partial charge in [0, 0.05) is 11.6 Å². The van der Waals surface area contributed by atoms with Crippen LogP contribution in [0.3, 0.4) is 0 Å². The zero-order chi connectivity index (χ0) is 9.97. The van der Waals surface area contributed by atoms with Crippen molar-refractivity contribution in [3.8, 4) is 11.3 Å². The number of aromatic nitrogens is 1. The lowest BCUT2D eigenvalue weighted by Crippen LogP contribution is -1.93. The molecule has 0 atom stereocenters. The number of anilines is 1. The van der Waals surface area contributed by atoms with E-state index >= 15 is 0 Å². The molecule has 1 aromatic heterocycles. The minimum Gasteiger partial charge on any atom is -0.395 e. The summed E-state index contributed by atoms with van der Waals surface area (Å²) in [6.45, 7) is 0. The lowest BCUT2D eigenvalue weighted by atomic mass is 10.1. The molecule has 0 radical (unpaired) electrons. The van der Waals surface area contributed by atoms with Crippen molar-refractivity contribution in [2.75, 3.05) is 5.73 Å². The SMILES string of the molecule is Nc1cnc(-c2ccccc2)cc1F. The van der Waals surface area contributed by atoms with Crippen LogP contribution in [0.2, 0.25) is 0 Å². The number of benzene rings is 1. The largest absolute Gasteiger partial charge is 0.395 e. The number of halogens is 1. The highest BCUT2D eigenvalue weighted by Gasteiger charge is 2.02. The van der Waals surface area contributed by atoms with Crippen molar-refractivity contribution >= 4 is 5.69 Å². The summed E-state index contributed by atoms with van der Waals surface area (Å²) in [5.41, 5.74) is 6.88. The molecule has 70 valence electrons. The average molecular weight is 188 g/mol. The predicted molar refractivity (Wildman–Crippen MR) is 54.0 cm³/mol. The van der Waals surface area contributed by atoms with Crippen LogP contribution in [0, 0.1) is 5.82 Å². The molecule has 1 aromatic carbocycles. The summed E-state index contributed by atoms with van der Waals surface area (Å²) in [7, 11) is 0. The number of nitrogens with zero attached hydrogens (tertiary/aromatic N) is 1. The van der Waals surface area contributed by atoms with Crippen molar-refractivity contribution in [1.29, 1.82) is 0 Å². The Balaban J connectivity index is 2.48. The van der Waals surface area contributed by atoms with Crippen LogP contribution >= 0.6 is 0 Å². The van der Waals surface area contributed by atoms with Crippen LogP contribution in [0.25, 0.3) is 11.3 Å². The monoisotopic (exact) mass is 188 g/mol. The minimum absolute atomic E-state index is 0.0738. The van der Waals surface area contributed by atoms with E-state index in [1.54, 1.807) is 0 Å². The van der Waals surface area contributed by atoms with Gasteiger partial charge in [-0.05, 0) is 0 Å². The fourth-order valence-corrected chi connectivity index (χ4v) is 1.21. The molecule has 0 unspecified atom stereocenters. The number of hydrogen-bond donors (Lipinski definition) is 1. The van der Waals surface area contributed by atoms with Crippen molar-refractivity contribution in [2.45, 2.75) is 0 Å². The molecule has 0 aliphatic carbocycles. The summed E-state index contributed by atoms with van der Waals surface area (Å²) in [6, 6.07) is 10.7. The van der Waals surface area contributed by atoms with Crippen LogP contribution in [0.1, 0.15) is 0 Å². The van der Waals surface area contributed by atoms with Crippen LogP contribution < -0.4 is 5.73 Å². The smallest absolute Gasteiger partial charge is 0.149 e. The summed E-state index contributed by atoms with van der Waals surface area (Å²) < 4.78 is 13.1. The van der Waals surface area contributed by atoms with E-state index in [4.69, 9.17) is 5.73 Å². The third kappa shape index (κ3) is 1.57. The van der Waals surface area contributed by atoms with Crippen molar-refractivity contribution < 1.29 is 4.39 Å². The Morgan fingerprint density at radius 3 is 2.50 bits per heavy atom. The number of pyridine rings is 1. The van der Waals surface area contributed by atoms with Gasteiger partial charge < -0.3 is 5.73 Å². The molecule has 2 rings (SSSR count). The van der Waals surface area contributed by atoms with Gasteiger partial charge in [-0.1, -0.05) is 30.3 Å². The van der Waals surface area contributed by atoms with E-state index in [9.17, 15) is 4.39 Å². The molecule has 0 aliphatic heterocycles. The first-order valence-corrected chi connectivity index (χ1v) is 4.24. The maximum absolute atomic E-state index is 13.1. The van der Waals surface area contributed by atoms with E-state index in [0.717, 1.165) is 5.56 Å². The summed E-state index contributed by atoms with van der Waals surface area (Å²) in [4.78, 5) is 4.04. The average Bonchev–Trinajstić information content (AvgIpc) is 2.23. The fourth-order valence-electron chi connectivity index (χ4n) is 1.21. The number of nitrogen functional groups attached to an aromatic ring is 1. The zero-order valence-electron chi connectivity index (χ0n) is 7.44. The molecule has 1 heterocycles. The minimum atomic E-state index is -0.432. The summed E-state index contributed by atoms with van der Waals surface area (Å²) in [6.07, 6.45) is 1.33. The zero-order valence-corrected chi connectivity index (χ0v) is 7.44. The van der Waals surface area contributed by atoms with E-state index in [1.807, 2.05) is 30.3 Å². The second kappa shape index (κ2) is 3.46. The predicted octanol–water partition coefficient (Wildman–Crippen LogP) is 2.47. The Bertz CT molecular complexity index is 440. The van der Waals surface area contributed by atoms with Gasteiger partial charge >= 0.3 is 0 Å². The summed E-state index contributed by atoms with van der Waals surface area (Å²) in [5.74, 6) is -0.432. The van der Waals surface area contributed by atoms with Gasteiger partial charge in [0.15, 0.2) is 0 Å². The van der Waals surface area contributed by atoms with E-state index in [1.165, 1.54) is 12.3 Å². The Kier molecular flexibility index (Phi) is 2.14. The maximum Gasteiger partial charge on any atom is 0.149 e. The van der Waals surface area contributed by atoms with Gasteiger partial charge in [-0.2, -0.15) is 0 Å². The molecule has 0 bridgehead atoms. The first-order valence-electron chi connectivity index (χ1n) is 4.24. The standard InChI is InChI=1S/C11H9FN2/c12-9-6-11(14-7-10(9)13)8-4-2-1-3-5-8/h1-7H,13H2. The molecule has 14 heavy (non-hydrogen) atoms. The second-order valence-electron chi connectivity index (χ2n) is 2.96. The highest BCUT2D eigenvalue weighted by Crippen LogP contribution is 2.19. The molecule has 3 heteroatoms. The molecular weight excluding hydrogens is 179 g/mol. The van der Waals surface area contributed by atoms with E-state index in [2.05, 4.69) is 4.98 Å². The van der Waals surface area contributed by atoms with Crippen molar-refractivity contribution in [1.82, 2.24) is 4.98 Å². The van der Waals surface area contributed by atoms with Crippen molar-refractivity contribution in [3.63, 3.8) is 0 Å². The fraction of sp³-hybridized carbons (Fsp3) is 0. The maximum atomic E-state index is 13.1. The first-order chi connectivity index (χ1) is 6.77. The molecule has 0 spiro atoms. The first kappa shape index (κ1) is 8.69. The van der Waals surface area contributed by atoms with Gasteiger partial charge in [-0.15, -0.1) is 0 Å². The third-order valence-electron chi connectivity index (χ3n) is 1.95. The van der Waals surface area contributed by atoms with Crippen molar-refractivity contribution in [2.24, 2.45) is 0 Å². The lowest BCUT2D eigenvalue weighted by molar-refractivity contribution is 0.631. The Morgan fingerprint density at radius 2 is 1.86 bits per heavy atom. The Hall–Kier alpha value is -1.90. The Morgan fingerprint density at radius 1 is 1.14 bits per heavy atom. The number of nitrogens with two attached hydrogens (primary N) is 1. The third-order valence-corrected chi connectivity index (χ3v) is 1.95. The van der Waals surface area contributed by atoms with Gasteiger partial charge in [0.25, 0.3) is 0 Å². The molecule has 2 nitrogen and oxygen atoms in total. The molecular formula is C11H9FN2. The van der Waals surface area contributed by atoms with Gasteiger partial charge in [0.2, 0.25) is 0 Å². The van der Waals surface area contributed by atoms with Crippen LogP contribution in [0.5, 0.6) is 0 Å². The quantitative estimate of drug-likeness (QED) is 0.746. The number of hydrogen-bond acceptors (Lipinski definition) is 2. The molecule has 0 saturated heterocycles. The second-order valence-corrected chi connectivity index (χ2v) is 2.96. The van der Waals surface area contributed by atoms with Crippen LogP contribution in [-0.2, 0) is 0 Å². The molecule has 2 aromatic rings. The molecule has 0 saturated carbocycles. The Labute approximate surface area is 81.2 Å². The molecule has 0 amide bonds. The normalized spacial score (nSPS) is 10.1. The van der Waals surface area contributed by atoms with E-state index < -0.39 is 5.82 Å². The van der Waals surface area contributed by atoms with E-state index in [-0.39, 0.29) is 5.69 Å². The summed E-state index contributed by atoms with van der Waals surface area (Å²) in [5, 5.41) is 0. The van der Waals surface area contributed by atoms with Crippen LogP contribution in [0.15, 0.2) is 42.6 Å². The topological polar surface area (TPSA) is 38.9 Å². The number of rotatable bonds is 1. The van der Waals surface area contributed by atoms with E-state index in [0.29, 0.717) is 5.69 Å². The highest BCUT2D eigenvalue weighted by molar-refractivity contribution is 5.60. The van der Waals surface area contributed by atoms with Gasteiger partial charge in [-0.25, -0.2) is 4.39 Å². The van der Waals surface area contributed by atoms with Crippen LogP contribution in [0.4, 0.5) is 10.1 Å². The summed E-state index contributed by atoms with van der Waals surface area (Å²) >= 11 is 0. The van der Waals surface area contributed by atoms with Gasteiger partial charge in [0.1, 0.15) is 5.82 Å². The molecule has 0 fully saturated rings. The van der Waals surface area contributed by atoms with Crippen LogP contribution in [-0.4, -0.2) is 4.98 Å².